The average Bonchev–Trinajstić information content (AvgIpc) is 2.44. The number of hydrogen-bond acceptors (Lipinski definition) is 6. The van der Waals surface area contributed by atoms with Gasteiger partial charge in [0.25, 0.3) is 0 Å². The van der Waals surface area contributed by atoms with Gasteiger partial charge >= 0.3 is 0 Å². The lowest BCUT2D eigenvalue weighted by atomic mass is 10.1. The molecule has 1 atom stereocenters. The summed E-state index contributed by atoms with van der Waals surface area (Å²) in [5, 5.41) is 10.5. The van der Waals surface area contributed by atoms with E-state index >= 15 is 0 Å². The van der Waals surface area contributed by atoms with Crippen LogP contribution in [0.4, 0.5) is 0 Å². The van der Waals surface area contributed by atoms with E-state index in [4.69, 9.17) is 9.76 Å². The third kappa shape index (κ3) is 10.7. The van der Waals surface area contributed by atoms with E-state index in [2.05, 4.69) is 5.32 Å². The Morgan fingerprint density at radius 3 is 2.53 bits per heavy atom. The lowest BCUT2D eigenvalue weighted by molar-refractivity contribution is -0.109. The van der Waals surface area contributed by atoms with Gasteiger partial charge in [0, 0.05) is 12.8 Å². The first kappa shape index (κ1) is 18.1. The first-order chi connectivity index (χ1) is 9.28. The Labute approximate surface area is 118 Å². The largest absolute Gasteiger partial charge is 0.330 e. The van der Waals surface area contributed by atoms with Gasteiger partial charge in [-0.1, -0.05) is 30.3 Å². The highest BCUT2D eigenvalue weighted by atomic mass is 32.2. The molecule has 0 saturated heterocycles. The van der Waals surface area contributed by atoms with E-state index in [1.807, 2.05) is 30.3 Å². The quantitative estimate of drug-likeness (QED) is 0.251. The number of carbonyl (C=O) groups is 1. The lowest BCUT2D eigenvalue weighted by Crippen LogP contribution is -2.33. The van der Waals surface area contributed by atoms with Gasteiger partial charge in [0.2, 0.25) is 0 Å². The molecular weight excluding hydrogens is 264 g/mol. The molecule has 0 aliphatic rings. The van der Waals surface area contributed by atoms with Gasteiger partial charge in [0.05, 0.1) is 6.04 Å². The second kappa shape index (κ2) is 13.5. The van der Waals surface area contributed by atoms with Crippen LogP contribution < -0.4 is 10.8 Å². The van der Waals surface area contributed by atoms with Gasteiger partial charge in [-0.15, -0.1) is 0 Å². The molecule has 6 heteroatoms. The van der Waals surface area contributed by atoms with Crippen molar-refractivity contribution in [1.29, 1.82) is 0 Å². The van der Waals surface area contributed by atoms with Crippen LogP contribution in [0.3, 0.4) is 0 Å². The number of hydroxylamine groups is 1. The molecular formula is C13H22N2O3S. The molecule has 5 nitrogen and oxygen atoms in total. The zero-order chi connectivity index (χ0) is 14.3. The molecule has 0 aliphatic heterocycles. The second-order valence-corrected chi connectivity index (χ2v) is 4.46. The van der Waals surface area contributed by atoms with E-state index in [-0.39, 0.29) is 6.04 Å². The SMILES string of the molecule is CNO.O=C[C@H](Cc1ccccc1)NCCCSO. The lowest BCUT2D eigenvalue weighted by Gasteiger charge is -2.12. The molecule has 0 aliphatic carbocycles. The fraction of sp³-hybridized carbons (Fsp3) is 0.462. The summed E-state index contributed by atoms with van der Waals surface area (Å²) in [4.78, 5) is 10.9. The van der Waals surface area contributed by atoms with Crippen molar-refractivity contribution in [3.05, 3.63) is 35.9 Å². The Hall–Kier alpha value is -0.920. The topological polar surface area (TPSA) is 81.6 Å². The molecule has 1 aromatic rings. The van der Waals surface area contributed by atoms with Crippen LogP contribution in [-0.2, 0) is 11.2 Å². The summed E-state index contributed by atoms with van der Waals surface area (Å²) in [7, 11) is 1.43. The predicted molar refractivity (Wildman–Crippen MR) is 78.6 cm³/mol. The Balaban J connectivity index is 0.000000982. The van der Waals surface area contributed by atoms with Crippen molar-refractivity contribution in [1.82, 2.24) is 10.8 Å². The second-order valence-electron chi connectivity index (χ2n) is 3.80. The van der Waals surface area contributed by atoms with Crippen molar-refractivity contribution in [3.63, 3.8) is 0 Å². The summed E-state index contributed by atoms with van der Waals surface area (Å²) in [6.07, 6.45) is 2.52. The maximum atomic E-state index is 10.9. The molecule has 0 fully saturated rings. The fourth-order valence-corrected chi connectivity index (χ4v) is 1.73. The first-order valence-corrected chi connectivity index (χ1v) is 7.02. The van der Waals surface area contributed by atoms with Crippen molar-refractivity contribution < 1.29 is 14.6 Å². The minimum atomic E-state index is -0.133. The molecule has 0 radical (unpaired) electrons. The van der Waals surface area contributed by atoms with Crippen molar-refractivity contribution in [2.75, 3.05) is 19.3 Å². The third-order valence-electron chi connectivity index (χ3n) is 2.28. The van der Waals surface area contributed by atoms with Crippen molar-refractivity contribution >= 4 is 18.3 Å². The number of benzene rings is 1. The maximum absolute atomic E-state index is 10.9. The molecule has 0 bridgehead atoms. The Morgan fingerprint density at radius 2 is 2.00 bits per heavy atom. The Morgan fingerprint density at radius 1 is 1.37 bits per heavy atom. The molecule has 0 aromatic heterocycles. The monoisotopic (exact) mass is 286 g/mol. The van der Waals surface area contributed by atoms with Gasteiger partial charge in [0.15, 0.2) is 0 Å². The molecule has 1 rings (SSSR count). The molecule has 19 heavy (non-hydrogen) atoms. The van der Waals surface area contributed by atoms with Gasteiger partial charge in [-0.05, 0) is 37.0 Å². The normalized spacial score (nSPS) is 11.3. The van der Waals surface area contributed by atoms with Crippen LogP contribution in [-0.4, -0.2) is 41.4 Å². The highest BCUT2D eigenvalue weighted by Gasteiger charge is 2.06. The zero-order valence-corrected chi connectivity index (χ0v) is 11.9. The van der Waals surface area contributed by atoms with Crippen LogP contribution >= 0.6 is 12.0 Å². The molecule has 1 aromatic carbocycles. The standard InChI is InChI=1S/C12H17NO2S.CH5NO/c14-10-12(13-7-4-8-16-15)9-11-5-2-1-3-6-11;1-2-3/h1-3,5-6,10,12-13,15H,4,7-9H2;2-3H,1H3/t12-;/m0./s1. The van der Waals surface area contributed by atoms with Gasteiger partial charge < -0.3 is 19.9 Å². The van der Waals surface area contributed by atoms with Crippen molar-refractivity contribution in [3.8, 4) is 0 Å². The van der Waals surface area contributed by atoms with E-state index in [9.17, 15) is 4.79 Å². The Bertz CT molecular complexity index is 312. The highest BCUT2D eigenvalue weighted by molar-refractivity contribution is 7.93. The zero-order valence-electron chi connectivity index (χ0n) is 11.1. The average molecular weight is 286 g/mol. The third-order valence-corrected chi connectivity index (χ3v) is 2.75. The Kier molecular flexibility index (Phi) is 12.9. The minimum Gasteiger partial charge on any atom is -0.330 e. The number of carbonyl (C=O) groups excluding carboxylic acids is 1. The summed E-state index contributed by atoms with van der Waals surface area (Å²) < 4.78 is 8.54. The van der Waals surface area contributed by atoms with Gasteiger partial charge in [0.1, 0.15) is 6.29 Å². The van der Waals surface area contributed by atoms with E-state index in [1.165, 1.54) is 7.05 Å². The van der Waals surface area contributed by atoms with Crippen LogP contribution in [0.2, 0.25) is 0 Å². The van der Waals surface area contributed by atoms with E-state index < -0.39 is 0 Å². The van der Waals surface area contributed by atoms with Gasteiger partial charge in [-0.2, -0.15) is 0 Å². The van der Waals surface area contributed by atoms with Crippen LogP contribution in [0.1, 0.15) is 12.0 Å². The molecule has 0 saturated carbocycles. The van der Waals surface area contributed by atoms with E-state index in [1.54, 1.807) is 5.48 Å². The van der Waals surface area contributed by atoms with Crippen LogP contribution in [0.25, 0.3) is 0 Å². The van der Waals surface area contributed by atoms with Crippen molar-refractivity contribution in [2.24, 2.45) is 0 Å². The smallest absolute Gasteiger partial charge is 0.137 e. The molecule has 0 amide bonds. The molecule has 0 unspecified atom stereocenters. The molecule has 108 valence electrons. The summed E-state index contributed by atoms with van der Waals surface area (Å²) in [5.74, 6) is 0.698. The summed E-state index contributed by atoms with van der Waals surface area (Å²) in [6, 6.07) is 9.81. The summed E-state index contributed by atoms with van der Waals surface area (Å²) in [5.41, 5.74) is 2.91. The number of rotatable bonds is 8. The predicted octanol–water partition coefficient (Wildman–Crippen LogP) is 1.58. The number of nitrogens with one attached hydrogen (secondary N) is 2. The highest BCUT2D eigenvalue weighted by Crippen LogP contribution is 2.02. The fourth-order valence-electron chi connectivity index (χ4n) is 1.46. The maximum Gasteiger partial charge on any atom is 0.137 e. The van der Waals surface area contributed by atoms with Crippen LogP contribution in [0.15, 0.2) is 30.3 Å². The van der Waals surface area contributed by atoms with Gasteiger partial charge in [-0.3, -0.25) is 0 Å². The van der Waals surface area contributed by atoms with Gasteiger partial charge in [-0.25, -0.2) is 5.48 Å². The minimum absolute atomic E-state index is 0.133. The molecule has 4 N–H and O–H groups in total. The number of hydrogen-bond donors (Lipinski definition) is 4. The summed E-state index contributed by atoms with van der Waals surface area (Å²) in [6.45, 7) is 0.754. The van der Waals surface area contributed by atoms with Crippen LogP contribution in [0, 0.1) is 0 Å². The molecule has 0 spiro atoms. The van der Waals surface area contributed by atoms with E-state index in [0.29, 0.717) is 5.75 Å². The summed E-state index contributed by atoms with van der Waals surface area (Å²) >= 11 is 0.837. The van der Waals surface area contributed by atoms with Crippen LogP contribution in [0.5, 0.6) is 0 Å². The molecule has 0 heterocycles. The number of aldehydes is 1. The van der Waals surface area contributed by atoms with Crippen molar-refractivity contribution in [2.45, 2.75) is 18.9 Å². The first-order valence-electron chi connectivity index (χ1n) is 6.08. The van der Waals surface area contributed by atoms with E-state index in [0.717, 1.165) is 43.3 Å².